The molecule has 0 aliphatic heterocycles. The average Bonchev–Trinajstić information content (AvgIpc) is 2.50. The molecule has 22 heavy (non-hydrogen) atoms. The Kier molecular flexibility index (Phi) is 6.13. The molecule has 0 aliphatic carbocycles. The van der Waals surface area contributed by atoms with E-state index in [1.165, 1.54) is 16.3 Å². The van der Waals surface area contributed by atoms with Crippen molar-refractivity contribution >= 4 is 27.5 Å². The van der Waals surface area contributed by atoms with Crippen LogP contribution >= 0.6 is 0 Å². The van der Waals surface area contributed by atoms with Crippen molar-refractivity contribution in [3.8, 4) is 0 Å². The van der Waals surface area contributed by atoms with Gasteiger partial charge in [-0.2, -0.15) is 0 Å². The van der Waals surface area contributed by atoms with E-state index in [9.17, 15) is 9.00 Å². The Morgan fingerprint density at radius 2 is 1.77 bits per heavy atom. The van der Waals surface area contributed by atoms with Crippen LogP contribution in [-0.4, -0.2) is 21.5 Å². The third-order valence-corrected chi connectivity index (χ3v) is 4.88. The van der Waals surface area contributed by atoms with E-state index in [-0.39, 0.29) is 6.42 Å². The molecule has 3 nitrogen and oxygen atoms in total. The molecule has 0 aromatic heterocycles. The Morgan fingerprint density at radius 3 is 2.50 bits per heavy atom. The summed E-state index contributed by atoms with van der Waals surface area (Å²) in [7, 11) is -0.989. The minimum atomic E-state index is -0.989. The maximum absolute atomic E-state index is 12.0. The van der Waals surface area contributed by atoms with Crippen LogP contribution in [0, 0.1) is 0 Å². The summed E-state index contributed by atoms with van der Waals surface area (Å²) in [6.07, 6.45) is 6.53. The van der Waals surface area contributed by atoms with Crippen LogP contribution in [-0.2, 0) is 22.0 Å². The molecule has 0 saturated heterocycles. The van der Waals surface area contributed by atoms with E-state index in [1.807, 2.05) is 24.3 Å². The van der Waals surface area contributed by atoms with Crippen LogP contribution in [0.15, 0.2) is 41.3 Å². The van der Waals surface area contributed by atoms with E-state index in [0.29, 0.717) is 0 Å². The molecule has 0 amide bonds. The van der Waals surface area contributed by atoms with Crippen molar-refractivity contribution in [2.24, 2.45) is 0 Å². The Hall–Kier alpha value is -1.68. The number of hydrogen-bond donors (Lipinski definition) is 1. The van der Waals surface area contributed by atoms with Crippen molar-refractivity contribution < 1.29 is 14.1 Å². The molecule has 1 unspecified atom stereocenters. The van der Waals surface area contributed by atoms with Gasteiger partial charge in [-0.15, -0.1) is 0 Å². The van der Waals surface area contributed by atoms with Crippen LogP contribution in [0.4, 0.5) is 0 Å². The highest BCUT2D eigenvalue weighted by atomic mass is 32.2. The summed E-state index contributed by atoms with van der Waals surface area (Å²) in [6.45, 7) is 0. The van der Waals surface area contributed by atoms with E-state index < -0.39 is 16.8 Å². The maximum atomic E-state index is 12.0. The molecule has 0 saturated carbocycles. The van der Waals surface area contributed by atoms with E-state index in [1.54, 1.807) is 6.26 Å². The van der Waals surface area contributed by atoms with E-state index in [2.05, 4.69) is 12.1 Å². The number of aryl methyl sites for hydroxylation is 1. The van der Waals surface area contributed by atoms with Crippen LogP contribution in [0.1, 0.15) is 37.7 Å². The highest BCUT2D eigenvalue weighted by Crippen LogP contribution is 2.26. The molecule has 1 atom stereocenters. The van der Waals surface area contributed by atoms with Gasteiger partial charge in [-0.1, -0.05) is 43.2 Å². The van der Waals surface area contributed by atoms with Crippen molar-refractivity contribution in [3.05, 3.63) is 42.0 Å². The van der Waals surface area contributed by atoms with Gasteiger partial charge >= 0.3 is 5.97 Å². The van der Waals surface area contributed by atoms with Crippen molar-refractivity contribution in [2.45, 2.75) is 43.4 Å². The first-order valence-corrected chi connectivity index (χ1v) is 9.21. The molecule has 0 bridgehead atoms. The van der Waals surface area contributed by atoms with E-state index in [4.69, 9.17) is 5.11 Å². The molecule has 0 fully saturated rings. The number of carboxylic acids is 1. The van der Waals surface area contributed by atoms with Crippen molar-refractivity contribution in [1.82, 2.24) is 0 Å². The highest BCUT2D eigenvalue weighted by molar-refractivity contribution is 7.84. The van der Waals surface area contributed by atoms with Gasteiger partial charge in [0.1, 0.15) is 0 Å². The van der Waals surface area contributed by atoms with Crippen LogP contribution in [0.3, 0.4) is 0 Å². The summed E-state index contributed by atoms with van der Waals surface area (Å²) >= 11 is 0. The predicted molar refractivity (Wildman–Crippen MR) is 90.7 cm³/mol. The van der Waals surface area contributed by atoms with E-state index >= 15 is 0 Å². The first kappa shape index (κ1) is 16.7. The SMILES string of the molecule is CS(=O)c1ccc2ccccc2c1CCCCCCC(=O)O. The number of hydrogen-bond acceptors (Lipinski definition) is 2. The molecule has 2 aromatic carbocycles. The lowest BCUT2D eigenvalue weighted by atomic mass is 9.99. The lowest BCUT2D eigenvalue weighted by molar-refractivity contribution is -0.137. The number of fused-ring (bicyclic) bond motifs is 1. The summed E-state index contributed by atoms with van der Waals surface area (Å²) in [4.78, 5) is 11.4. The molecule has 2 rings (SSSR count). The second kappa shape index (κ2) is 8.08. The Morgan fingerprint density at radius 1 is 1.05 bits per heavy atom. The zero-order valence-electron chi connectivity index (χ0n) is 12.9. The Labute approximate surface area is 133 Å². The quantitative estimate of drug-likeness (QED) is 0.744. The predicted octanol–water partition coefficient (Wildman–Crippen LogP) is 4.15. The zero-order chi connectivity index (χ0) is 15.9. The Balaban J connectivity index is 2.06. The first-order chi connectivity index (χ1) is 10.6. The van der Waals surface area contributed by atoms with Crippen molar-refractivity contribution in [2.75, 3.05) is 6.26 Å². The molecule has 118 valence electrons. The van der Waals surface area contributed by atoms with Gasteiger partial charge in [-0.3, -0.25) is 9.00 Å². The number of rotatable bonds is 8. The highest BCUT2D eigenvalue weighted by Gasteiger charge is 2.10. The second-order valence-electron chi connectivity index (χ2n) is 5.53. The lowest BCUT2D eigenvalue weighted by Crippen LogP contribution is -1.98. The minimum Gasteiger partial charge on any atom is -0.481 e. The minimum absolute atomic E-state index is 0.249. The van der Waals surface area contributed by atoms with Gasteiger partial charge < -0.3 is 5.11 Å². The first-order valence-electron chi connectivity index (χ1n) is 7.65. The third-order valence-electron chi connectivity index (χ3n) is 3.87. The fraction of sp³-hybridized carbons (Fsp3) is 0.389. The zero-order valence-corrected chi connectivity index (χ0v) is 13.7. The summed E-state index contributed by atoms with van der Waals surface area (Å²) in [5.74, 6) is -0.724. The fourth-order valence-corrected chi connectivity index (χ4v) is 3.59. The lowest BCUT2D eigenvalue weighted by Gasteiger charge is -2.11. The summed E-state index contributed by atoms with van der Waals surface area (Å²) in [5.41, 5.74) is 1.18. The van der Waals surface area contributed by atoms with Crippen LogP contribution < -0.4 is 0 Å². The summed E-state index contributed by atoms with van der Waals surface area (Å²) in [5, 5.41) is 11.0. The molecule has 0 heterocycles. The van der Waals surface area contributed by atoms with Gasteiger partial charge in [0.15, 0.2) is 0 Å². The largest absolute Gasteiger partial charge is 0.481 e. The number of carbonyl (C=O) groups is 1. The molecule has 1 N–H and O–H groups in total. The van der Waals surface area contributed by atoms with Crippen LogP contribution in [0.5, 0.6) is 0 Å². The van der Waals surface area contributed by atoms with Crippen LogP contribution in [0.2, 0.25) is 0 Å². The van der Waals surface area contributed by atoms with Gasteiger partial charge in [0.05, 0.1) is 10.8 Å². The summed E-state index contributed by atoms with van der Waals surface area (Å²) in [6, 6.07) is 12.2. The molecule has 0 radical (unpaired) electrons. The topological polar surface area (TPSA) is 54.4 Å². The molecule has 0 aliphatic rings. The maximum Gasteiger partial charge on any atom is 0.303 e. The normalized spacial score (nSPS) is 12.4. The van der Waals surface area contributed by atoms with Crippen molar-refractivity contribution in [1.29, 1.82) is 0 Å². The van der Waals surface area contributed by atoms with Gasteiger partial charge in [0.25, 0.3) is 0 Å². The molecular formula is C18H22O3S. The molecular weight excluding hydrogens is 296 g/mol. The standard InChI is InChI=1S/C18H22O3S/c1-22(21)17-13-12-14-8-6-7-9-15(14)16(17)10-4-2-3-5-11-18(19)20/h6-9,12-13H,2-5,10-11H2,1H3,(H,19,20). The van der Waals surface area contributed by atoms with Gasteiger partial charge in [0, 0.05) is 17.6 Å². The molecule has 0 spiro atoms. The number of aliphatic carboxylic acids is 1. The van der Waals surface area contributed by atoms with Crippen molar-refractivity contribution in [3.63, 3.8) is 0 Å². The van der Waals surface area contributed by atoms with E-state index in [0.717, 1.165) is 37.0 Å². The molecule has 2 aromatic rings. The van der Waals surface area contributed by atoms with Crippen LogP contribution in [0.25, 0.3) is 10.8 Å². The summed E-state index contributed by atoms with van der Waals surface area (Å²) < 4.78 is 12.0. The van der Waals surface area contributed by atoms with Gasteiger partial charge in [-0.25, -0.2) is 0 Å². The number of unbranched alkanes of at least 4 members (excludes halogenated alkanes) is 3. The average molecular weight is 318 g/mol. The fourth-order valence-electron chi connectivity index (χ4n) is 2.77. The number of benzene rings is 2. The number of carboxylic acid groups (broad SMARTS) is 1. The Bertz CT molecular complexity index is 679. The third kappa shape index (κ3) is 4.41. The monoisotopic (exact) mass is 318 g/mol. The second-order valence-corrected chi connectivity index (χ2v) is 6.87. The smallest absolute Gasteiger partial charge is 0.303 e. The molecule has 4 heteroatoms. The van der Waals surface area contributed by atoms with Gasteiger partial charge in [0.2, 0.25) is 0 Å². The van der Waals surface area contributed by atoms with Gasteiger partial charge in [-0.05, 0) is 41.7 Å².